The van der Waals surface area contributed by atoms with Crippen LogP contribution in [0, 0.1) is 5.41 Å². The summed E-state index contributed by atoms with van der Waals surface area (Å²) in [6.45, 7) is 1.46. The second-order valence-electron chi connectivity index (χ2n) is 5.11. The predicted octanol–water partition coefficient (Wildman–Crippen LogP) is 1.67. The van der Waals surface area contributed by atoms with E-state index in [1.807, 2.05) is 13.1 Å². The molecule has 0 saturated heterocycles. The van der Waals surface area contributed by atoms with Crippen molar-refractivity contribution in [3.8, 4) is 0 Å². The summed E-state index contributed by atoms with van der Waals surface area (Å²) >= 11 is 0. The first-order valence-corrected chi connectivity index (χ1v) is 6.60. The fraction of sp³-hybridized carbons (Fsp3) is 0.571. The smallest absolute Gasteiger partial charge is 0.269 e. The SMILES string of the molecule is CNc1ccnc(C(=O)NCC2(CCOC)CC2)c1. The summed E-state index contributed by atoms with van der Waals surface area (Å²) in [6, 6.07) is 3.59. The molecular weight excluding hydrogens is 242 g/mol. The number of methoxy groups -OCH3 is 1. The number of pyridine rings is 1. The van der Waals surface area contributed by atoms with E-state index >= 15 is 0 Å². The van der Waals surface area contributed by atoms with E-state index in [0.717, 1.165) is 18.7 Å². The van der Waals surface area contributed by atoms with Gasteiger partial charge in [-0.15, -0.1) is 0 Å². The van der Waals surface area contributed by atoms with Crippen molar-refractivity contribution in [3.63, 3.8) is 0 Å². The van der Waals surface area contributed by atoms with Crippen LogP contribution in [0.5, 0.6) is 0 Å². The molecule has 5 heteroatoms. The Balaban J connectivity index is 1.87. The molecule has 5 nitrogen and oxygen atoms in total. The molecule has 0 atom stereocenters. The van der Waals surface area contributed by atoms with Crippen LogP contribution in [-0.4, -0.2) is 38.2 Å². The molecule has 19 heavy (non-hydrogen) atoms. The number of ether oxygens (including phenoxy) is 1. The normalized spacial score (nSPS) is 15.9. The zero-order chi connectivity index (χ0) is 13.7. The van der Waals surface area contributed by atoms with E-state index < -0.39 is 0 Å². The predicted molar refractivity (Wildman–Crippen MR) is 74.3 cm³/mol. The molecule has 1 fully saturated rings. The highest BCUT2D eigenvalue weighted by Gasteiger charge is 2.42. The van der Waals surface area contributed by atoms with Gasteiger partial charge >= 0.3 is 0 Å². The van der Waals surface area contributed by atoms with Crippen LogP contribution in [0.3, 0.4) is 0 Å². The van der Waals surface area contributed by atoms with Gasteiger partial charge in [-0.2, -0.15) is 0 Å². The molecule has 1 saturated carbocycles. The number of anilines is 1. The van der Waals surface area contributed by atoms with Gasteiger partial charge in [0.15, 0.2) is 0 Å². The van der Waals surface area contributed by atoms with Crippen LogP contribution in [-0.2, 0) is 4.74 Å². The quantitative estimate of drug-likeness (QED) is 0.785. The third-order valence-electron chi connectivity index (χ3n) is 3.70. The van der Waals surface area contributed by atoms with Crippen molar-refractivity contribution in [3.05, 3.63) is 24.0 Å². The molecule has 0 unspecified atom stereocenters. The van der Waals surface area contributed by atoms with E-state index in [1.54, 1.807) is 19.4 Å². The van der Waals surface area contributed by atoms with Crippen LogP contribution in [0.2, 0.25) is 0 Å². The summed E-state index contributed by atoms with van der Waals surface area (Å²) in [7, 11) is 3.53. The lowest BCUT2D eigenvalue weighted by molar-refractivity contribution is 0.0933. The van der Waals surface area contributed by atoms with Gasteiger partial charge in [0.25, 0.3) is 5.91 Å². The highest BCUT2D eigenvalue weighted by atomic mass is 16.5. The van der Waals surface area contributed by atoms with Gasteiger partial charge in [-0.05, 0) is 36.8 Å². The van der Waals surface area contributed by atoms with Gasteiger partial charge in [0.2, 0.25) is 0 Å². The lowest BCUT2D eigenvalue weighted by atomic mass is 10.0. The van der Waals surface area contributed by atoms with Crippen LogP contribution in [0.4, 0.5) is 5.69 Å². The van der Waals surface area contributed by atoms with Gasteiger partial charge < -0.3 is 15.4 Å². The lowest BCUT2D eigenvalue weighted by Gasteiger charge is -2.15. The summed E-state index contributed by atoms with van der Waals surface area (Å²) in [5.41, 5.74) is 1.60. The van der Waals surface area contributed by atoms with Gasteiger partial charge in [0, 0.05) is 39.2 Å². The maximum Gasteiger partial charge on any atom is 0.269 e. The monoisotopic (exact) mass is 263 g/mol. The van der Waals surface area contributed by atoms with Crippen molar-refractivity contribution in [1.29, 1.82) is 0 Å². The molecule has 1 aromatic heterocycles. The van der Waals surface area contributed by atoms with Gasteiger partial charge in [-0.25, -0.2) is 0 Å². The molecular formula is C14H21N3O2. The number of nitrogens with zero attached hydrogens (tertiary/aromatic N) is 1. The van der Waals surface area contributed by atoms with Crippen molar-refractivity contribution < 1.29 is 9.53 Å². The number of carbonyl (C=O) groups is 1. The Hall–Kier alpha value is -1.62. The average molecular weight is 263 g/mol. The first kappa shape index (κ1) is 13.8. The summed E-state index contributed by atoms with van der Waals surface area (Å²) in [4.78, 5) is 16.1. The fourth-order valence-electron chi connectivity index (χ4n) is 2.08. The molecule has 1 amide bonds. The minimum atomic E-state index is -0.110. The van der Waals surface area contributed by atoms with E-state index in [0.29, 0.717) is 12.2 Å². The number of aromatic nitrogens is 1. The molecule has 0 bridgehead atoms. The summed E-state index contributed by atoms with van der Waals surface area (Å²) < 4.78 is 5.11. The number of amides is 1. The highest BCUT2D eigenvalue weighted by molar-refractivity contribution is 5.93. The van der Waals surface area contributed by atoms with Crippen molar-refractivity contribution >= 4 is 11.6 Å². The Morgan fingerprint density at radius 2 is 2.32 bits per heavy atom. The number of hydrogen-bond acceptors (Lipinski definition) is 4. The number of rotatable bonds is 7. The third-order valence-corrected chi connectivity index (χ3v) is 3.70. The topological polar surface area (TPSA) is 63.2 Å². The Kier molecular flexibility index (Phi) is 4.37. The average Bonchev–Trinajstić information content (AvgIpc) is 3.23. The molecule has 1 heterocycles. The van der Waals surface area contributed by atoms with E-state index in [9.17, 15) is 4.79 Å². The molecule has 1 aliphatic carbocycles. The van der Waals surface area contributed by atoms with Crippen molar-refractivity contribution in [2.24, 2.45) is 5.41 Å². The van der Waals surface area contributed by atoms with Gasteiger partial charge in [-0.3, -0.25) is 9.78 Å². The fourth-order valence-corrected chi connectivity index (χ4v) is 2.08. The van der Waals surface area contributed by atoms with Crippen LogP contribution in [0.25, 0.3) is 0 Å². The molecule has 104 valence electrons. The Labute approximate surface area is 113 Å². The van der Waals surface area contributed by atoms with Crippen LogP contribution >= 0.6 is 0 Å². The first-order chi connectivity index (χ1) is 9.19. The molecule has 0 radical (unpaired) electrons. The Morgan fingerprint density at radius 3 is 2.95 bits per heavy atom. The molecule has 1 aromatic rings. The maximum atomic E-state index is 12.0. The van der Waals surface area contributed by atoms with E-state index in [4.69, 9.17) is 4.74 Å². The second kappa shape index (κ2) is 6.02. The van der Waals surface area contributed by atoms with Crippen molar-refractivity contribution in [1.82, 2.24) is 10.3 Å². The van der Waals surface area contributed by atoms with E-state index in [-0.39, 0.29) is 11.3 Å². The zero-order valence-corrected chi connectivity index (χ0v) is 11.5. The molecule has 0 aromatic carbocycles. The standard InChI is InChI=1S/C14H21N3O2/c1-15-11-3-7-16-12(9-11)13(18)17-10-14(4-5-14)6-8-19-2/h3,7,9H,4-6,8,10H2,1-2H3,(H,15,16)(H,17,18). The number of hydrogen-bond donors (Lipinski definition) is 2. The van der Waals surface area contributed by atoms with Crippen LogP contribution in [0.15, 0.2) is 18.3 Å². The third kappa shape index (κ3) is 3.67. The van der Waals surface area contributed by atoms with E-state index in [1.165, 1.54) is 12.8 Å². The van der Waals surface area contributed by atoms with Crippen LogP contribution in [0.1, 0.15) is 29.8 Å². The molecule has 0 aliphatic heterocycles. The molecule has 1 aliphatic rings. The summed E-state index contributed by atoms with van der Waals surface area (Å²) in [5, 5.41) is 5.98. The highest BCUT2D eigenvalue weighted by Crippen LogP contribution is 2.48. The Bertz CT molecular complexity index is 444. The summed E-state index contributed by atoms with van der Waals surface area (Å²) in [5.74, 6) is -0.110. The van der Waals surface area contributed by atoms with Gasteiger partial charge in [-0.1, -0.05) is 0 Å². The summed E-state index contributed by atoms with van der Waals surface area (Å²) in [6.07, 6.45) is 4.98. The van der Waals surface area contributed by atoms with Crippen molar-refractivity contribution in [2.75, 3.05) is 32.6 Å². The number of nitrogens with one attached hydrogen (secondary N) is 2. The largest absolute Gasteiger partial charge is 0.388 e. The maximum absolute atomic E-state index is 12.0. The van der Waals surface area contributed by atoms with Crippen LogP contribution < -0.4 is 10.6 Å². The minimum Gasteiger partial charge on any atom is -0.388 e. The number of carbonyl (C=O) groups excluding carboxylic acids is 1. The minimum absolute atomic E-state index is 0.110. The molecule has 2 N–H and O–H groups in total. The first-order valence-electron chi connectivity index (χ1n) is 6.60. The molecule has 2 rings (SSSR count). The van der Waals surface area contributed by atoms with Gasteiger partial charge in [0.05, 0.1) is 0 Å². The zero-order valence-electron chi connectivity index (χ0n) is 11.5. The Morgan fingerprint density at radius 1 is 1.53 bits per heavy atom. The van der Waals surface area contributed by atoms with E-state index in [2.05, 4.69) is 15.6 Å². The second-order valence-corrected chi connectivity index (χ2v) is 5.11. The van der Waals surface area contributed by atoms with Gasteiger partial charge in [0.1, 0.15) is 5.69 Å². The van der Waals surface area contributed by atoms with Crippen molar-refractivity contribution in [2.45, 2.75) is 19.3 Å². The molecule has 0 spiro atoms. The lowest BCUT2D eigenvalue weighted by Crippen LogP contribution is -2.31.